The van der Waals surface area contributed by atoms with E-state index in [0.717, 1.165) is 14.9 Å². The Labute approximate surface area is 139 Å². The van der Waals surface area contributed by atoms with Gasteiger partial charge in [0.25, 0.3) is 0 Å². The third-order valence-corrected chi connectivity index (χ3v) is 7.34. The quantitative estimate of drug-likeness (QED) is 0.728. The van der Waals surface area contributed by atoms with Crippen molar-refractivity contribution in [2.24, 2.45) is 0 Å². The van der Waals surface area contributed by atoms with E-state index in [1.54, 1.807) is 0 Å². The van der Waals surface area contributed by atoms with E-state index in [0.29, 0.717) is 12.1 Å². The maximum absolute atomic E-state index is 13.8. The van der Waals surface area contributed by atoms with E-state index in [4.69, 9.17) is 0 Å². The molecule has 1 aliphatic rings. The Morgan fingerprint density at radius 2 is 1.58 bits per heavy atom. The second-order valence-corrected chi connectivity index (χ2v) is 9.54. The van der Waals surface area contributed by atoms with Crippen LogP contribution in [0.5, 0.6) is 0 Å². The largest absolute Gasteiger partial charge is 0.246 e. The normalized spacial score (nSPS) is 18.2. The van der Waals surface area contributed by atoms with Crippen LogP contribution >= 0.6 is 0 Å². The molecule has 11 heteroatoms. The molecule has 6 nitrogen and oxygen atoms in total. The fourth-order valence-corrected chi connectivity index (χ4v) is 4.84. The first kappa shape index (κ1) is 19.2. The van der Waals surface area contributed by atoms with Crippen LogP contribution in [0.25, 0.3) is 0 Å². The Balaban J connectivity index is 2.21. The molecule has 1 aliphatic heterocycles. The van der Waals surface area contributed by atoms with Gasteiger partial charge in [0.2, 0.25) is 20.0 Å². The zero-order valence-corrected chi connectivity index (χ0v) is 14.7. The summed E-state index contributed by atoms with van der Waals surface area (Å²) in [5.41, 5.74) is 0. The minimum absolute atomic E-state index is 0.0503. The fraction of sp³-hybridized carbons (Fsp3) is 0.538. The number of rotatable bonds is 4. The van der Waals surface area contributed by atoms with Crippen LogP contribution in [0.4, 0.5) is 13.2 Å². The molecule has 1 heterocycles. The van der Waals surface area contributed by atoms with Crippen molar-refractivity contribution in [1.29, 1.82) is 0 Å². The standard InChI is InChI=1S/C13H17F3N2O4S2/c1-17(23(2,19)20)9-5-7-18(8-6-9)24(21,22)11-4-3-10(14)12(15)13(11)16/h3-4,9H,5-8H2,1-2H3. The summed E-state index contributed by atoms with van der Waals surface area (Å²) >= 11 is 0. The zero-order valence-electron chi connectivity index (χ0n) is 13.0. The van der Waals surface area contributed by atoms with Gasteiger partial charge in [0.1, 0.15) is 4.90 Å². The van der Waals surface area contributed by atoms with Crippen molar-refractivity contribution in [3.63, 3.8) is 0 Å². The molecule has 0 atom stereocenters. The first-order chi connectivity index (χ1) is 11.0. The third kappa shape index (κ3) is 3.58. The third-order valence-electron chi connectivity index (χ3n) is 4.08. The fourth-order valence-electron chi connectivity index (χ4n) is 2.56. The van der Waals surface area contributed by atoms with Gasteiger partial charge in [-0.25, -0.2) is 34.3 Å². The van der Waals surface area contributed by atoms with Crippen molar-refractivity contribution in [2.45, 2.75) is 23.8 Å². The van der Waals surface area contributed by atoms with E-state index in [-0.39, 0.29) is 32.0 Å². The van der Waals surface area contributed by atoms with Gasteiger partial charge in [0.15, 0.2) is 17.5 Å². The maximum Gasteiger partial charge on any atom is 0.246 e. The van der Waals surface area contributed by atoms with Crippen LogP contribution in [0.3, 0.4) is 0 Å². The number of sulfonamides is 2. The van der Waals surface area contributed by atoms with Gasteiger partial charge in [-0.3, -0.25) is 0 Å². The highest BCUT2D eigenvalue weighted by molar-refractivity contribution is 7.89. The van der Waals surface area contributed by atoms with E-state index in [1.165, 1.54) is 7.05 Å². The lowest BCUT2D eigenvalue weighted by molar-refractivity contribution is 0.238. The molecule has 0 aliphatic carbocycles. The van der Waals surface area contributed by atoms with Crippen molar-refractivity contribution in [3.05, 3.63) is 29.6 Å². The molecular weight excluding hydrogens is 369 g/mol. The average molecular weight is 386 g/mol. The van der Waals surface area contributed by atoms with E-state index in [2.05, 4.69) is 0 Å². The number of piperidine rings is 1. The van der Waals surface area contributed by atoms with Crippen molar-refractivity contribution in [1.82, 2.24) is 8.61 Å². The summed E-state index contributed by atoms with van der Waals surface area (Å²) in [5, 5.41) is 0. The summed E-state index contributed by atoms with van der Waals surface area (Å²) in [6, 6.07) is 0.856. The lowest BCUT2D eigenvalue weighted by Gasteiger charge is -2.35. The molecule has 0 saturated carbocycles. The minimum Gasteiger partial charge on any atom is -0.213 e. The van der Waals surface area contributed by atoms with E-state index in [9.17, 15) is 30.0 Å². The highest BCUT2D eigenvalue weighted by Gasteiger charge is 2.35. The molecule has 1 aromatic rings. The molecule has 1 fully saturated rings. The summed E-state index contributed by atoms with van der Waals surface area (Å²) in [5.74, 6) is -5.08. The number of hydrogen-bond donors (Lipinski definition) is 0. The van der Waals surface area contributed by atoms with Gasteiger partial charge < -0.3 is 0 Å². The summed E-state index contributed by atoms with van der Waals surface area (Å²) in [6.07, 6.45) is 1.48. The smallest absolute Gasteiger partial charge is 0.213 e. The maximum atomic E-state index is 13.8. The SMILES string of the molecule is CN(C1CCN(S(=O)(=O)c2ccc(F)c(F)c2F)CC1)S(C)(=O)=O. The van der Waals surface area contributed by atoms with Gasteiger partial charge >= 0.3 is 0 Å². The summed E-state index contributed by atoms with van der Waals surface area (Å²) < 4.78 is 89.9. The molecule has 136 valence electrons. The number of halogens is 3. The van der Waals surface area contributed by atoms with Crippen molar-refractivity contribution in [2.75, 3.05) is 26.4 Å². The van der Waals surface area contributed by atoms with Crippen LogP contribution < -0.4 is 0 Å². The van der Waals surface area contributed by atoms with Crippen LogP contribution in [0.15, 0.2) is 17.0 Å². The summed E-state index contributed by atoms with van der Waals surface area (Å²) in [6.45, 7) is -0.101. The predicted molar refractivity (Wildman–Crippen MR) is 80.7 cm³/mol. The lowest BCUT2D eigenvalue weighted by atomic mass is 10.1. The highest BCUT2D eigenvalue weighted by Crippen LogP contribution is 2.26. The first-order valence-corrected chi connectivity index (χ1v) is 10.3. The molecular formula is C13H17F3N2O4S2. The van der Waals surface area contributed by atoms with Gasteiger partial charge in [0.05, 0.1) is 6.26 Å². The predicted octanol–water partition coefficient (Wildman–Crippen LogP) is 1.15. The Morgan fingerprint density at radius 3 is 2.08 bits per heavy atom. The van der Waals surface area contributed by atoms with Crippen molar-refractivity contribution >= 4 is 20.0 Å². The highest BCUT2D eigenvalue weighted by atomic mass is 32.2. The molecule has 2 rings (SSSR count). The molecule has 1 aromatic carbocycles. The number of hydrogen-bond acceptors (Lipinski definition) is 4. The van der Waals surface area contributed by atoms with Crippen LogP contribution in [0, 0.1) is 17.5 Å². The Kier molecular flexibility index (Phi) is 5.28. The van der Waals surface area contributed by atoms with Gasteiger partial charge in [-0.1, -0.05) is 0 Å². The summed E-state index contributed by atoms with van der Waals surface area (Å²) in [4.78, 5) is -0.934. The Hall–Kier alpha value is -1.17. The molecule has 0 amide bonds. The topological polar surface area (TPSA) is 74.8 Å². The van der Waals surface area contributed by atoms with Crippen LogP contribution in [-0.4, -0.2) is 57.9 Å². The lowest BCUT2D eigenvalue weighted by Crippen LogP contribution is -2.47. The number of nitrogens with zero attached hydrogens (tertiary/aromatic N) is 2. The Morgan fingerprint density at radius 1 is 1.04 bits per heavy atom. The van der Waals surface area contributed by atoms with Crippen LogP contribution in [0.2, 0.25) is 0 Å². The second kappa shape index (κ2) is 6.62. The molecule has 0 bridgehead atoms. The summed E-state index contributed by atoms with van der Waals surface area (Å²) in [7, 11) is -6.34. The van der Waals surface area contributed by atoms with E-state index < -0.39 is 42.4 Å². The molecule has 0 unspecified atom stereocenters. The molecule has 24 heavy (non-hydrogen) atoms. The van der Waals surface area contributed by atoms with E-state index >= 15 is 0 Å². The molecule has 0 radical (unpaired) electrons. The van der Waals surface area contributed by atoms with Gasteiger partial charge in [0, 0.05) is 26.2 Å². The molecule has 1 saturated heterocycles. The Bertz CT molecular complexity index is 835. The van der Waals surface area contributed by atoms with Crippen LogP contribution in [-0.2, 0) is 20.0 Å². The monoisotopic (exact) mass is 386 g/mol. The first-order valence-electron chi connectivity index (χ1n) is 7.03. The van der Waals surface area contributed by atoms with Crippen molar-refractivity contribution in [3.8, 4) is 0 Å². The van der Waals surface area contributed by atoms with Crippen molar-refractivity contribution < 1.29 is 30.0 Å². The van der Waals surface area contributed by atoms with Crippen LogP contribution in [0.1, 0.15) is 12.8 Å². The number of benzene rings is 1. The molecule has 0 spiro atoms. The van der Waals surface area contributed by atoms with Gasteiger partial charge in [-0.15, -0.1) is 0 Å². The molecule has 0 aromatic heterocycles. The van der Waals surface area contributed by atoms with Gasteiger partial charge in [-0.05, 0) is 25.0 Å². The average Bonchev–Trinajstić information content (AvgIpc) is 2.51. The second-order valence-electron chi connectivity index (χ2n) is 5.59. The zero-order chi connectivity index (χ0) is 18.3. The van der Waals surface area contributed by atoms with Gasteiger partial charge in [-0.2, -0.15) is 4.31 Å². The molecule has 0 N–H and O–H groups in total. The minimum atomic E-state index is -4.33. The van der Waals surface area contributed by atoms with E-state index in [1.807, 2.05) is 0 Å².